The Morgan fingerprint density at radius 2 is 1.02 bits per heavy atom. The van der Waals surface area contributed by atoms with Gasteiger partial charge in [-0.3, -0.25) is 9.59 Å². The molecule has 1 N–H and O–H groups in total. The van der Waals surface area contributed by atoms with Gasteiger partial charge in [0.2, 0.25) is 0 Å². The molecule has 56 heavy (non-hydrogen) atoms. The molecule has 0 fully saturated rings. The van der Waals surface area contributed by atoms with Gasteiger partial charge >= 0.3 is 17.9 Å². The molecule has 2 atom stereocenters. The van der Waals surface area contributed by atoms with Gasteiger partial charge in [0, 0.05) is 19.3 Å². The summed E-state index contributed by atoms with van der Waals surface area (Å²) in [6.07, 6.45) is 49.2. The highest BCUT2D eigenvalue weighted by Gasteiger charge is 2.31. The van der Waals surface area contributed by atoms with Crippen molar-refractivity contribution in [2.75, 3.05) is 41.0 Å². The third-order valence-corrected chi connectivity index (χ3v) is 9.03. The maximum atomic E-state index is 12.7. The average molecular weight is 783 g/mol. The summed E-state index contributed by atoms with van der Waals surface area (Å²) in [5.74, 6) is -1.57. The van der Waals surface area contributed by atoms with Crippen LogP contribution in [-0.2, 0) is 28.6 Å². The van der Waals surface area contributed by atoms with Gasteiger partial charge in [-0.2, -0.15) is 0 Å². The zero-order valence-corrected chi connectivity index (χ0v) is 36.1. The second kappa shape index (κ2) is 38.4. The summed E-state index contributed by atoms with van der Waals surface area (Å²) in [5.41, 5.74) is 0. The van der Waals surface area contributed by atoms with Gasteiger partial charge in [0.15, 0.2) is 12.1 Å². The number of quaternary nitrogens is 1. The minimum Gasteiger partial charge on any atom is -0.477 e. The minimum atomic E-state index is -0.890. The Labute approximate surface area is 342 Å². The lowest BCUT2D eigenvalue weighted by Gasteiger charge is -2.31. The predicted molar refractivity (Wildman–Crippen MR) is 233 cm³/mol. The SMILES string of the molecule is CC/C=C\C/C=C\C/C=C\C/C=C\C/C=C\CCCC(=O)OC(COCCC(C(=O)O)[N+](C)(C)C)COC(=O)CCCCCCC/C=C\C/C=C\CCCCC. The number of carbonyl (C=O) groups excluding carboxylic acids is 2. The van der Waals surface area contributed by atoms with E-state index in [9.17, 15) is 19.5 Å². The van der Waals surface area contributed by atoms with Gasteiger partial charge in [0.1, 0.15) is 6.61 Å². The highest BCUT2D eigenvalue weighted by Crippen LogP contribution is 2.12. The first-order valence-corrected chi connectivity index (χ1v) is 21.6. The summed E-state index contributed by atoms with van der Waals surface area (Å²) < 4.78 is 17.2. The maximum Gasteiger partial charge on any atom is 0.362 e. The Kier molecular flexibility index (Phi) is 36.0. The molecule has 0 aromatic heterocycles. The third-order valence-electron chi connectivity index (χ3n) is 9.03. The van der Waals surface area contributed by atoms with E-state index < -0.39 is 18.1 Å². The van der Waals surface area contributed by atoms with Crippen LogP contribution in [-0.4, -0.2) is 80.6 Å². The number of carbonyl (C=O) groups is 3. The Bertz CT molecular complexity index is 1190. The smallest absolute Gasteiger partial charge is 0.362 e. The largest absolute Gasteiger partial charge is 0.477 e. The fourth-order valence-electron chi connectivity index (χ4n) is 5.68. The number of hydrogen-bond donors (Lipinski definition) is 1. The van der Waals surface area contributed by atoms with Crippen molar-refractivity contribution in [3.05, 3.63) is 85.1 Å². The summed E-state index contributed by atoms with van der Waals surface area (Å²) in [5, 5.41) is 9.61. The van der Waals surface area contributed by atoms with Crippen molar-refractivity contribution < 1.29 is 38.2 Å². The number of nitrogens with zero attached hydrogens (tertiary/aromatic N) is 1. The molecule has 8 heteroatoms. The number of ether oxygens (including phenoxy) is 3. The predicted octanol–water partition coefficient (Wildman–Crippen LogP) is 11.7. The summed E-state index contributed by atoms with van der Waals surface area (Å²) in [4.78, 5) is 36.9. The summed E-state index contributed by atoms with van der Waals surface area (Å²) in [7, 11) is 5.49. The maximum absolute atomic E-state index is 12.7. The van der Waals surface area contributed by atoms with E-state index in [1.165, 1.54) is 25.7 Å². The number of aliphatic carboxylic acids is 1. The molecule has 2 unspecified atom stereocenters. The van der Waals surface area contributed by atoms with Crippen LogP contribution in [0, 0.1) is 0 Å². The zero-order valence-electron chi connectivity index (χ0n) is 36.1. The van der Waals surface area contributed by atoms with Gasteiger partial charge in [-0.15, -0.1) is 0 Å². The van der Waals surface area contributed by atoms with E-state index in [0.29, 0.717) is 19.3 Å². The van der Waals surface area contributed by atoms with Crippen LogP contribution in [0.1, 0.15) is 149 Å². The molecule has 0 saturated heterocycles. The van der Waals surface area contributed by atoms with Gasteiger partial charge in [0.05, 0.1) is 34.4 Å². The fraction of sp³-hybridized carbons (Fsp3) is 0.646. The molecular formula is C48H80NO7+. The highest BCUT2D eigenvalue weighted by atomic mass is 16.6. The summed E-state index contributed by atoms with van der Waals surface area (Å²) >= 11 is 0. The van der Waals surface area contributed by atoms with E-state index in [1.54, 1.807) is 0 Å². The first-order chi connectivity index (χ1) is 27.1. The number of likely N-dealkylation sites (N-methyl/N-ethyl adjacent to an activating group) is 1. The summed E-state index contributed by atoms with van der Waals surface area (Å²) in [6.45, 7) is 4.50. The first kappa shape index (κ1) is 52.5. The van der Waals surface area contributed by atoms with E-state index >= 15 is 0 Å². The van der Waals surface area contributed by atoms with Crippen LogP contribution in [0.2, 0.25) is 0 Å². The van der Waals surface area contributed by atoms with Crippen molar-refractivity contribution in [2.45, 2.75) is 161 Å². The molecule has 0 radical (unpaired) electrons. The van der Waals surface area contributed by atoms with Crippen molar-refractivity contribution in [1.82, 2.24) is 0 Å². The van der Waals surface area contributed by atoms with E-state index in [4.69, 9.17) is 14.2 Å². The molecule has 0 aliphatic carbocycles. The lowest BCUT2D eigenvalue weighted by molar-refractivity contribution is -0.887. The first-order valence-electron chi connectivity index (χ1n) is 21.6. The quantitative estimate of drug-likeness (QED) is 0.0290. The molecular weight excluding hydrogens is 703 g/mol. The van der Waals surface area contributed by atoms with Gasteiger partial charge < -0.3 is 23.8 Å². The molecule has 0 rings (SSSR count). The monoisotopic (exact) mass is 783 g/mol. The lowest BCUT2D eigenvalue weighted by atomic mass is 10.1. The Hall–Kier alpha value is -3.49. The standard InChI is InChI=1S/C48H79NO7/c1-6-8-10-12-14-16-18-20-22-23-25-27-29-31-33-35-37-39-47(51)56-44(42-54-41-40-45(48(52)53)49(3,4)5)43-55-46(50)38-36-34-32-30-28-26-24-21-19-17-15-13-11-9-7-2/h8,10,14-17,20-22,24-25,27,31,33,44-45H,6-7,9,11-13,18-19,23,26,28-30,32,34-43H2,1-5H3/p+1/b10-8-,16-14-,17-15-,22-20-,24-21-,27-25-,33-31-. The van der Waals surface area contributed by atoms with Crippen LogP contribution in [0.4, 0.5) is 0 Å². The molecule has 0 aromatic rings. The van der Waals surface area contributed by atoms with Gasteiger partial charge in [0.25, 0.3) is 0 Å². The molecule has 0 spiro atoms. The van der Waals surface area contributed by atoms with Crippen LogP contribution in [0.5, 0.6) is 0 Å². The van der Waals surface area contributed by atoms with Crippen molar-refractivity contribution in [1.29, 1.82) is 0 Å². The highest BCUT2D eigenvalue weighted by molar-refractivity contribution is 5.72. The van der Waals surface area contributed by atoms with Crippen molar-refractivity contribution in [2.24, 2.45) is 0 Å². The van der Waals surface area contributed by atoms with Crippen molar-refractivity contribution in [3.63, 3.8) is 0 Å². The third kappa shape index (κ3) is 36.2. The molecule has 8 nitrogen and oxygen atoms in total. The average Bonchev–Trinajstić information content (AvgIpc) is 3.15. The molecule has 0 heterocycles. The second-order valence-electron chi connectivity index (χ2n) is 15.2. The van der Waals surface area contributed by atoms with E-state index in [1.807, 2.05) is 21.1 Å². The van der Waals surface area contributed by atoms with Crippen LogP contribution in [0.15, 0.2) is 85.1 Å². The topological polar surface area (TPSA) is 99.1 Å². The number of hydrogen-bond acceptors (Lipinski definition) is 6. The van der Waals surface area contributed by atoms with E-state index in [2.05, 4.69) is 98.9 Å². The molecule has 0 aliphatic heterocycles. The van der Waals surface area contributed by atoms with Gasteiger partial charge in [-0.1, -0.05) is 131 Å². The molecule has 0 amide bonds. The minimum absolute atomic E-state index is 0.0287. The number of allylic oxidation sites excluding steroid dienone is 14. The number of rotatable bonds is 37. The Morgan fingerprint density at radius 3 is 1.54 bits per heavy atom. The van der Waals surface area contributed by atoms with Crippen molar-refractivity contribution >= 4 is 17.9 Å². The zero-order chi connectivity index (χ0) is 41.4. The Morgan fingerprint density at radius 1 is 0.554 bits per heavy atom. The normalized spacial score (nSPS) is 13.8. The van der Waals surface area contributed by atoms with Gasteiger partial charge in [-0.25, -0.2) is 4.79 Å². The van der Waals surface area contributed by atoms with E-state index in [-0.39, 0.29) is 42.7 Å². The van der Waals surface area contributed by atoms with Crippen LogP contribution in [0.25, 0.3) is 0 Å². The van der Waals surface area contributed by atoms with Crippen LogP contribution < -0.4 is 0 Å². The number of carboxylic acid groups (broad SMARTS) is 1. The van der Waals surface area contributed by atoms with Crippen LogP contribution in [0.3, 0.4) is 0 Å². The fourth-order valence-corrected chi connectivity index (χ4v) is 5.68. The van der Waals surface area contributed by atoms with Crippen molar-refractivity contribution in [3.8, 4) is 0 Å². The number of carboxylic acids is 1. The number of esters is 2. The molecule has 318 valence electrons. The molecule has 0 aromatic carbocycles. The van der Waals surface area contributed by atoms with E-state index in [0.717, 1.165) is 83.5 Å². The summed E-state index contributed by atoms with van der Waals surface area (Å²) in [6, 6.07) is -0.631. The second-order valence-corrected chi connectivity index (χ2v) is 15.2. The Balaban J connectivity index is 4.51. The molecule has 0 aliphatic rings. The van der Waals surface area contributed by atoms with Crippen LogP contribution >= 0.6 is 0 Å². The molecule has 0 saturated carbocycles. The number of unbranched alkanes of at least 4 members (excludes halogenated alkanes) is 9. The van der Waals surface area contributed by atoms with Gasteiger partial charge in [-0.05, 0) is 83.5 Å². The lowest BCUT2D eigenvalue weighted by Crippen LogP contribution is -2.50. The molecule has 0 bridgehead atoms.